The molecule has 3 N–H and O–H groups in total. The van der Waals surface area contributed by atoms with Gasteiger partial charge in [0.15, 0.2) is 0 Å². The molecule has 0 saturated heterocycles. The van der Waals surface area contributed by atoms with Crippen LogP contribution >= 0.6 is 0 Å². The number of nitrogens with two attached hydrogens (primary N) is 1. The van der Waals surface area contributed by atoms with Gasteiger partial charge in [-0.3, -0.25) is 0 Å². The fourth-order valence-electron chi connectivity index (χ4n) is 1.64. The van der Waals surface area contributed by atoms with Gasteiger partial charge in [-0.15, -0.1) is 0 Å². The van der Waals surface area contributed by atoms with E-state index < -0.39 is 0 Å². The second kappa shape index (κ2) is 2.36. The number of fused-ring (bicyclic) bond motifs is 1. The summed E-state index contributed by atoms with van der Waals surface area (Å²) in [5.41, 5.74) is 6.42. The summed E-state index contributed by atoms with van der Waals surface area (Å²) in [6.07, 6.45) is 1.96. The van der Waals surface area contributed by atoms with Crippen LogP contribution < -0.4 is 5.73 Å². The maximum atomic E-state index is 9.46. The second-order valence-electron chi connectivity index (χ2n) is 2.92. The van der Waals surface area contributed by atoms with Crippen molar-refractivity contribution >= 4 is 0 Å². The Hall–Kier alpha value is -0.800. The van der Waals surface area contributed by atoms with Crippen molar-refractivity contribution in [3.05, 3.63) is 23.7 Å². The van der Waals surface area contributed by atoms with Crippen molar-refractivity contribution in [2.75, 3.05) is 6.54 Å². The first-order valence-corrected chi connectivity index (χ1v) is 3.78. The molecule has 0 radical (unpaired) electrons. The summed E-state index contributed by atoms with van der Waals surface area (Å²) >= 11 is 0. The van der Waals surface area contributed by atoms with Crippen LogP contribution in [0.3, 0.4) is 0 Å². The van der Waals surface area contributed by atoms with Gasteiger partial charge in [0.2, 0.25) is 0 Å². The average Bonchev–Trinajstić information content (AvgIpc) is 2.54. The molecule has 0 amide bonds. The third kappa shape index (κ3) is 0.886. The molecule has 0 fully saturated rings. The maximum absolute atomic E-state index is 9.46. The lowest BCUT2D eigenvalue weighted by atomic mass is 10.1. The summed E-state index contributed by atoms with van der Waals surface area (Å²) < 4.78 is 5.21. The highest BCUT2D eigenvalue weighted by Crippen LogP contribution is 2.39. The Bertz CT molecular complexity index is 256. The number of hydrogen-bond acceptors (Lipinski definition) is 3. The van der Waals surface area contributed by atoms with Crippen LogP contribution in [0, 0.1) is 0 Å². The minimum Gasteiger partial charge on any atom is -0.469 e. The zero-order valence-corrected chi connectivity index (χ0v) is 6.16. The van der Waals surface area contributed by atoms with Gasteiger partial charge < -0.3 is 15.3 Å². The molecule has 0 aromatic carbocycles. The summed E-state index contributed by atoms with van der Waals surface area (Å²) in [5, 5.41) is 9.46. The molecule has 1 aromatic heterocycles. The molecule has 2 rings (SSSR count). The van der Waals surface area contributed by atoms with Crippen molar-refractivity contribution in [2.45, 2.75) is 18.4 Å². The molecule has 2 atom stereocenters. The van der Waals surface area contributed by atoms with Gasteiger partial charge in [-0.05, 0) is 12.5 Å². The molecule has 0 saturated carbocycles. The van der Waals surface area contributed by atoms with Gasteiger partial charge in [0.05, 0.1) is 12.4 Å². The Labute approximate surface area is 64.8 Å². The second-order valence-corrected chi connectivity index (χ2v) is 2.92. The Morgan fingerprint density at radius 1 is 1.73 bits per heavy atom. The molecule has 3 nitrogen and oxygen atoms in total. The standard InChI is InChI=1S/C8H11NO2/c9-4-5-3-7(10)6-1-2-11-8(5)6/h1-2,5,7,10H,3-4,9H2. The monoisotopic (exact) mass is 153 g/mol. The lowest BCUT2D eigenvalue weighted by molar-refractivity contribution is 0.173. The first-order valence-electron chi connectivity index (χ1n) is 3.78. The Kier molecular flexibility index (Phi) is 1.47. The van der Waals surface area contributed by atoms with Crippen LogP contribution in [-0.2, 0) is 0 Å². The minimum absolute atomic E-state index is 0.218. The van der Waals surface area contributed by atoms with Gasteiger partial charge in [0.1, 0.15) is 5.76 Å². The van der Waals surface area contributed by atoms with Gasteiger partial charge >= 0.3 is 0 Å². The number of aliphatic hydroxyl groups is 1. The Morgan fingerprint density at radius 2 is 2.55 bits per heavy atom. The van der Waals surface area contributed by atoms with Crippen LogP contribution in [-0.4, -0.2) is 11.7 Å². The normalized spacial score (nSPS) is 28.9. The van der Waals surface area contributed by atoms with E-state index in [2.05, 4.69) is 0 Å². The van der Waals surface area contributed by atoms with E-state index in [9.17, 15) is 5.11 Å². The molecule has 1 heterocycles. The van der Waals surface area contributed by atoms with E-state index in [0.29, 0.717) is 13.0 Å². The van der Waals surface area contributed by atoms with E-state index in [-0.39, 0.29) is 12.0 Å². The zero-order chi connectivity index (χ0) is 7.84. The van der Waals surface area contributed by atoms with E-state index in [1.807, 2.05) is 6.07 Å². The lowest BCUT2D eigenvalue weighted by Crippen LogP contribution is -2.09. The first-order chi connectivity index (χ1) is 5.33. The number of hydrogen-bond donors (Lipinski definition) is 2. The molecule has 1 aliphatic rings. The molecule has 0 spiro atoms. The van der Waals surface area contributed by atoms with Gasteiger partial charge in [0.25, 0.3) is 0 Å². The van der Waals surface area contributed by atoms with Gasteiger partial charge in [-0.25, -0.2) is 0 Å². The molecule has 1 aromatic rings. The third-order valence-electron chi connectivity index (χ3n) is 2.25. The van der Waals surface area contributed by atoms with Crippen LogP contribution in [0.1, 0.15) is 29.8 Å². The van der Waals surface area contributed by atoms with Crippen molar-refractivity contribution in [1.29, 1.82) is 0 Å². The van der Waals surface area contributed by atoms with Crippen LogP contribution in [0.25, 0.3) is 0 Å². The summed E-state index contributed by atoms with van der Waals surface area (Å²) in [4.78, 5) is 0. The lowest BCUT2D eigenvalue weighted by Gasteiger charge is -2.03. The fourth-order valence-corrected chi connectivity index (χ4v) is 1.64. The summed E-state index contributed by atoms with van der Waals surface area (Å²) in [6.45, 7) is 0.553. The first kappa shape index (κ1) is 6.88. The highest BCUT2D eigenvalue weighted by atomic mass is 16.3. The zero-order valence-electron chi connectivity index (χ0n) is 6.16. The molecule has 1 aliphatic carbocycles. The van der Waals surface area contributed by atoms with Crippen molar-refractivity contribution in [3.63, 3.8) is 0 Å². The van der Waals surface area contributed by atoms with Crippen LogP contribution in [0.15, 0.2) is 16.7 Å². The van der Waals surface area contributed by atoms with Crippen LogP contribution in [0.4, 0.5) is 0 Å². The quantitative estimate of drug-likeness (QED) is 0.626. The van der Waals surface area contributed by atoms with Crippen molar-refractivity contribution in [2.24, 2.45) is 5.73 Å². The third-order valence-corrected chi connectivity index (χ3v) is 2.25. The molecule has 3 heteroatoms. The van der Waals surface area contributed by atoms with E-state index >= 15 is 0 Å². The molecule has 0 bridgehead atoms. The average molecular weight is 153 g/mol. The molecule has 60 valence electrons. The summed E-state index contributed by atoms with van der Waals surface area (Å²) in [5.74, 6) is 1.09. The smallest absolute Gasteiger partial charge is 0.113 e. The number of furan rings is 1. The molecule has 2 unspecified atom stereocenters. The molecular weight excluding hydrogens is 142 g/mol. The summed E-state index contributed by atoms with van der Waals surface area (Å²) in [6, 6.07) is 1.82. The van der Waals surface area contributed by atoms with Crippen molar-refractivity contribution in [1.82, 2.24) is 0 Å². The molecule has 11 heavy (non-hydrogen) atoms. The van der Waals surface area contributed by atoms with Gasteiger partial charge in [-0.1, -0.05) is 0 Å². The maximum Gasteiger partial charge on any atom is 0.113 e. The molecule has 0 aliphatic heterocycles. The van der Waals surface area contributed by atoms with Crippen molar-refractivity contribution < 1.29 is 9.52 Å². The van der Waals surface area contributed by atoms with Gasteiger partial charge in [0, 0.05) is 18.0 Å². The predicted molar refractivity (Wildman–Crippen MR) is 40.1 cm³/mol. The van der Waals surface area contributed by atoms with E-state index in [1.54, 1.807) is 6.26 Å². The van der Waals surface area contributed by atoms with E-state index in [1.165, 1.54) is 0 Å². The fraction of sp³-hybridized carbons (Fsp3) is 0.500. The Morgan fingerprint density at radius 3 is 3.27 bits per heavy atom. The van der Waals surface area contributed by atoms with Crippen LogP contribution in [0.5, 0.6) is 0 Å². The van der Waals surface area contributed by atoms with Gasteiger partial charge in [-0.2, -0.15) is 0 Å². The predicted octanol–water partition coefficient (Wildman–Crippen LogP) is 0.759. The van der Waals surface area contributed by atoms with E-state index in [0.717, 1.165) is 11.3 Å². The minimum atomic E-state index is -0.364. The van der Waals surface area contributed by atoms with E-state index in [4.69, 9.17) is 10.2 Å². The van der Waals surface area contributed by atoms with Crippen LogP contribution in [0.2, 0.25) is 0 Å². The SMILES string of the molecule is NCC1CC(O)c2ccoc21. The highest BCUT2D eigenvalue weighted by Gasteiger charge is 2.31. The number of rotatable bonds is 1. The number of aliphatic hydroxyl groups excluding tert-OH is 1. The Balaban J connectivity index is 2.37. The highest BCUT2D eigenvalue weighted by molar-refractivity contribution is 5.29. The summed E-state index contributed by atoms with van der Waals surface area (Å²) in [7, 11) is 0. The van der Waals surface area contributed by atoms with Crippen molar-refractivity contribution in [3.8, 4) is 0 Å². The molecular formula is C8H11NO2. The largest absolute Gasteiger partial charge is 0.469 e. The topological polar surface area (TPSA) is 59.4 Å².